The molecule has 0 fully saturated rings. The van der Waals surface area contributed by atoms with Gasteiger partial charge in [0.25, 0.3) is 0 Å². The molecule has 3 N–H and O–H groups in total. The summed E-state index contributed by atoms with van der Waals surface area (Å²) in [6.07, 6.45) is 1.44. The van der Waals surface area contributed by atoms with Crippen LogP contribution in [-0.2, 0) is 4.74 Å². The molecule has 0 bridgehead atoms. The lowest BCUT2D eigenvalue weighted by Crippen LogP contribution is -2.14. The number of nitrogen functional groups attached to an aromatic ring is 1. The van der Waals surface area contributed by atoms with Gasteiger partial charge >= 0.3 is 11.7 Å². The highest BCUT2D eigenvalue weighted by atomic mass is 16.5. The van der Waals surface area contributed by atoms with Gasteiger partial charge in [0.15, 0.2) is 17.2 Å². The number of aromatic nitrogens is 6. The molecule has 0 radical (unpaired) electrons. The molecule has 10 heteroatoms. The Hall–Kier alpha value is -3.17. The molecule has 10 nitrogen and oxygen atoms in total. The molecule has 0 aromatic carbocycles. The van der Waals surface area contributed by atoms with Crippen molar-refractivity contribution in [2.45, 2.75) is 6.92 Å². The van der Waals surface area contributed by atoms with Crippen molar-refractivity contribution in [3.63, 3.8) is 0 Å². The summed E-state index contributed by atoms with van der Waals surface area (Å²) in [5, 5.41) is 10.2. The average molecular weight is 289 g/mol. The van der Waals surface area contributed by atoms with Crippen LogP contribution in [0.15, 0.2) is 17.1 Å². The number of esters is 1. The predicted molar refractivity (Wildman–Crippen MR) is 71.2 cm³/mol. The summed E-state index contributed by atoms with van der Waals surface area (Å²) in [6, 6.07) is 1.54. The molecule has 3 heterocycles. The van der Waals surface area contributed by atoms with Crippen LogP contribution >= 0.6 is 0 Å². The van der Waals surface area contributed by atoms with Crippen molar-refractivity contribution in [3.8, 4) is 5.82 Å². The zero-order valence-corrected chi connectivity index (χ0v) is 11.2. The number of nitrogens with one attached hydrogen (secondary N) is 1. The minimum Gasteiger partial charge on any atom is -0.464 e. The fourth-order valence-electron chi connectivity index (χ4n) is 1.96. The molecule has 0 saturated heterocycles. The zero-order valence-electron chi connectivity index (χ0n) is 11.2. The van der Waals surface area contributed by atoms with E-state index in [0.29, 0.717) is 17.3 Å². The summed E-state index contributed by atoms with van der Waals surface area (Å²) in [5.41, 5.74) is 5.89. The number of hydrogen-bond donors (Lipinski definition) is 2. The lowest BCUT2D eigenvalue weighted by Gasteiger charge is -2.03. The van der Waals surface area contributed by atoms with Crippen LogP contribution in [0.1, 0.15) is 16.3 Å². The Labute approximate surface area is 117 Å². The number of carbonyl (C=O) groups excluding carboxylic acids is 1. The number of fused-ring (bicyclic) bond motifs is 1. The van der Waals surface area contributed by atoms with Crippen molar-refractivity contribution in [2.24, 2.45) is 0 Å². The molecule has 0 atom stereocenters. The van der Waals surface area contributed by atoms with Gasteiger partial charge in [-0.2, -0.15) is 10.2 Å². The monoisotopic (exact) mass is 289 g/mol. The molecule has 3 aromatic rings. The maximum Gasteiger partial charge on any atom is 0.360 e. The SMILES string of the molecule is COC(=O)c1nn(-c2cc3n[nH]c(=O)n3c(C)n2)cc1N. The molecule has 0 unspecified atom stereocenters. The van der Waals surface area contributed by atoms with E-state index in [1.165, 1.54) is 22.4 Å². The minimum absolute atomic E-state index is 0.00348. The van der Waals surface area contributed by atoms with Gasteiger partial charge in [-0.05, 0) is 6.92 Å². The first-order valence-electron chi connectivity index (χ1n) is 5.90. The third-order valence-electron chi connectivity index (χ3n) is 2.91. The van der Waals surface area contributed by atoms with E-state index in [-0.39, 0.29) is 17.1 Å². The van der Waals surface area contributed by atoms with Gasteiger partial charge in [0.05, 0.1) is 19.0 Å². The number of methoxy groups -OCH3 is 1. The third kappa shape index (κ3) is 1.93. The van der Waals surface area contributed by atoms with Gasteiger partial charge in [0, 0.05) is 6.07 Å². The van der Waals surface area contributed by atoms with E-state index in [9.17, 15) is 9.59 Å². The molecule has 0 aliphatic rings. The number of rotatable bonds is 2. The first kappa shape index (κ1) is 12.8. The van der Waals surface area contributed by atoms with E-state index in [2.05, 4.69) is 25.0 Å². The van der Waals surface area contributed by atoms with Gasteiger partial charge in [-0.3, -0.25) is 0 Å². The molecule has 0 aliphatic carbocycles. The Kier molecular flexibility index (Phi) is 2.71. The van der Waals surface area contributed by atoms with Crippen LogP contribution < -0.4 is 11.4 Å². The number of H-pyrrole nitrogens is 1. The molecular formula is C11H11N7O3. The van der Waals surface area contributed by atoms with Crippen molar-refractivity contribution < 1.29 is 9.53 Å². The van der Waals surface area contributed by atoms with Crippen LogP contribution in [-0.4, -0.2) is 42.4 Å². The number of carbonyl (C=O) groups is 1. The second-order valence-electron chi connectivity index (χ2n) is 4.25. The number of anilines is 1. The molecule has 0 saturated carbocycles. The van der Waals surface area contributed by atoms with E-state index in [1.54, 1.807) is 13.0 Å². The van der Waals surface area contributed by atoms with Crippen LogP contribution in [0.25, 0.3) is 11.5 Å². The Morgan fingerprint density at radius 1 is 1.48 bits per heavy atom. The van der Waals surface area contributed by atoms with Crippen molar-refractivity contribution in [3.05, 3.63) is 34.3 Å². The fourth-order valence-corrected chi connectivity index (χ4v) is 1.96. The first-order chi connectivity index (χ1) is 10.0. The normalized spacial score (nSPS) is 11.0. The van der Waals surface area contributed by atoms with E-state index < -0.39 is 5.97 Å². The Morgan fingerprint density at radius 2 is 2.24 bits per heavy atom. The van der Waals surface area contributed by atoms with Crippen molar-refractivity contribution in [1.29, 1.82) is 0 Å². The minimum atomic E-state index is -0.639. The Morgan fingerprint density at radius 3 is 2.95 bits per heavy atom. The highest BCUT2D eigenvalue weighted by molar-refractivity contribution is 5.92. The molecule has 21 heavy (non-hydrogen) atoms. The number of hydrogen-bond acceptors (Lipinski definition) is 7. The molecule has 3 rings (SSSR count). The summed E-state index contributed by atoms with van der Waals surface area (Å²) < 4.78 is 7.23. The number of aryl methyl sites for hydroxylation is 1. The third-order valence-corrected chi connectivity index (χ3v) is 2.91. The summed E-state index contributed by atoms with van der Waals surface area (Å²) in [4.78, 5) is 27.3. The van der Waals surface area contributed by atoms with Gasteiger partial charge in [-0.15, -0.1) is 0 Å². The molecule has 0 spiro atoms. The lowest BCUT2D eigenvalue weighted by atomic mass is 10.4. The lowest BCUT2D eigenvalue weighted by molar-refractivity contribution is 0.0594. The van der Waals surface area contributed by atoms with Crippen molar-refractivity contribution >= 4 is 17.3 Å². The maximum absolute atomic E-state index is 11.5. The molecule has 0 aliphatic heterocycles. The highest BCUT2D eigenvalue weighted by Gasteiger charge is 2.17. The largest absolute Gasteiger partial charge is 0.464 e. The van der Waals surface area contributed by atoms with Gasteiger partial charge in [-0.25, -0.2) is 28.8 Å². The second-order valence-corrected chi connectivity index (χ2v) is 4.25. The number of nitrogens with zero attached hydrogens (tertiary/aromatic N) is 5. The van der Waals surface area contributed by atoms with Crippen molar-refractivity contribution in [1.82, 2.24) is 29.4 Å². The van der Waals surface area contributed by atoms with Crippen LogP contribution in [0.3, 0.4) is 0 Å². The standard InChI is InChI=1S/C11H11N7O3/c1-5-13-7(3-8-14-15-11(20)18(5)8)17-4-6(12)9(16-17)10(19)21-2/h3-4H,12H2,1-2H3,(H,15,20). The Balaban J connectivity index is 2.17. The van der Waals surface area contributed by atoms with Gasteiger partial charge in [-0.1, -0.05) is 0 Å². The van der Waals surface area contributed by atoms with Crippen LogP contribution in [0, 0.1) is 6.92 Å². The van der Waals surface area contributed by atoms with Crippen LogP contribution in [0.4, 0.5) is 5.69 Å². The van der Waals surface area contributed by atoms with E-state index in [4.69, 9.17) is 5.73 Å². The summed E-state index contributed by atoms with van der Waals surface area (Å²) >= 11 is 0. The highest BCUT2D eigenvalue weighted by Crippen LogP contribution is 2.15. The molecular weight excluding hydrogens is 278 g/mol. The molecule has 108 valence electrons. The van der Waals surface area contributed by atoms with Gasteiger partial charge in [0.1, 0.15) is 5.82 Å². The molecule has 0 amide bonds. The first-order valence-corrected chi connectivity index (χ1v) is 5.90. The maximum atomic E-state index is 11.5. The van der Waals surface area contributed by atoms with Crippen LogP contribution in [0.5, 0.6) is 0 Å². The summed E-state index contributed by atoms with van der Waals surface area (Å²) in [7, 11) is 1.24. The van der Waals surface area contributed by atoms with E-state index in [1.807, 2.05) is 0 Å². The van der Waals surface area contributed by atoms with E-state index >= 15 is 0 Å². The topological polar surface area (TPSA) is 133 Å². The second kappa shape index (κ2) is 4.44. The quantitative estimate of drug-likeness (QED) is 0.594. The Bertz CT molecular complexity index is 904. The average Bonchev–Trinajstić information content (AvgIpc) is 3.02. The zero-order chi connectivity index (χ0) is 15.1. The number of ether oxygens (including phenoxy) is 1. The van der Waals surface area contributed by atoms with Crippen LogP contribution in [0.2, 0.25) is 0 Å². The molecule has 3 aromatic heterocycles. The number of nitrogens with two attached hydrogens (primary N) is 1. The summed E-state index contributed by atoms with van der Waals surface area (Å²) in [6.45, 7) is 1.65. The van der Waals surface area contributed by atoms with Gasteiger partial charge in [0.2, 0.25) is 0 Å². The van der Waals surface area contributed by atoms with Gasteiger partial charge < -0.3 is 10.5 Å². The van der Waals surface area contributed by atoms with Crippen molar-refractivity contribution in [2.75, 3.05) is 12.8 Å². The fraction of sp³-hybridized carbons (Fsp3) is 0.182. The summed E-state index contributed by atoms with van der Waals surface area (Å²) in [5.74, 6) is 0.163. The van der Waals surface area contributed by atoms with E-state index in [0.717, 1.165) is 0 Å². The number of aromatic amines is 1. The predicted octanol–water partition coefficient (Wildman–Crippen LogP) is -0.719. The smallest absolute Gasteiger partial charge is 0.360 e.